The van der Waals surface area contributed by atoms with E-state index < -0.39 is 0 Å². The van der Waals surface area contributed by atoms with Crippen molar-refractivity contribution in [1.29, 1.82) is 0 Å². The lowest BCUT2D eigenvalue weighted by Gasteiger charge is -2.24. The van der Waals surface area contributed by atoms with Crippen molar-refractivity contribution >= 4 is 17.6 Å². The Bertz CT molecular complexity index is 496. The van der Waals surface area contributed by atoms with Gasteiger partial charge in [-0.05, 0) is 30.5 Å². The molecule has 1 atom stereocenters. The van der Waals surface area contributed by atoms with Gasteiger partial charge in [0.05, 0.1) is 13.1 Å². The van der Waals surface area contributed by atoms with Gasteiger partial charge in [-0.2, -0.15) is 0 Å². The van der Waals surface area contributed by atoms with Crippen molar-refractivity contribution in [1.82, 2.24) is 0 Å². The van der Waals surface area contributed by atoms with Crippen molar-refractivity contribution in [3.05, 3.63) is 29.8 Å². The van der Waals surface area contributed by atoms with Crippen LogP contribution in [-0.2, 0) is 25.5 Å². The summed E-state index contributed by atoms with van der Waals surface area (Å²) < 4.78 is 10.0. The fourth-order valence-corrected chi connectivity index (χ4v) is 2.26. The fourth-order valence-electron chi connectivity index (χ4n) is 2.26. The summed E-state index contributed by atoms with van der Waals surface area (Å²) in [7, 11) is 0. The Kier molecular flexibility index (Phi) is 8.86. The lowest BCUT2D eigenvalue weighted by atomic mass is 10.0. The highest BCUT2D eigenvalue weighted by Crippen LogP contribution is 2.16. The molecule has 2 N–H and O–H groups in total. The number of esters is 2. The summed E-state index contributed by atoms with van der Waals surface area (Å²) in [5.74, 6) is -0.613. The average molecular weight is 336 g/mol. The van der Waals surface area contributed by atoms with E-state index in [2.05, 4.69) is 19.1 Å². The monoisotopic (exact) mass is 336 g/mol. The fraction of sp³-hybridized carbons (Fsp3) is 0.556. The normalized spacial score (nSPS) is 11.7. The predicted octanol–water partition coefficient (Wildman–Crippen LogP) is 1.90. The van der Waals surface area contributed by atoms with Gasteiger partial charge in [0.15, 0.2) is 0 Å². The van der Waals surface area contributed by atoms with Crippen molar-refractivity contribution in [2.75, 3.05) is 31.2 Å². The van der Waals surface area contributed by atoms with Gasteiger partial charge in [-0.15, -0.1) is 0 Å². The highest BCUT2D eigenvalue weighted by Gasteiger charge is 2.09. The molecule has 0 aromatic heterocycles. The topological polar surface area (TPSA) is 81.9 Å². The molecule has 0 amide bonds. The quantitative estimate of drug-likeness (QED) is 0.657. The SMILES string of the molecule is CCC(N)Cc1ccc(N(CCOC(C)=O)CCOC(C)=O)cc1. The molecule has 134 valence electrons. The van der Waals surface area contributed by atoms with Crippen LogP contribution in [0.3, 0.4) is 0 Å². The second-order valence-corrected chi connectivity index (χ2v) is 5.71. The molecule has 0 aliphatic heterocycles. The zero-order chi connectivity index (χ0) is 17.9. The number of ether oxygens (including phenoxy) is 2. The first kappa shape index (κ1) is 20.0. The van der Waals surface area contributed by atoms with Crippen molar-refractivity contribution in [3.63, 3.8) is 0 Å². The molecule has 0 heterocycles. The summed E-state index contributed by atoms with van der Waals surface area (Å²) in [5.41, 5.74) is 8.16. The second-order valence-electron chi connectivity index (χ2n) is 5.71. The highest BCUT2D eigenvalue weighted by molar-refractivity contribution is 5.66. The van der Waals surface area contributed by atoms with E-state index in [9.17, 15) is 9.59 Å². The van der Waals surface area contributed by atoms with Crippen molar-refractivity contribution < 1.29 is 19.1 Å². The molecule has 0 aliphatic rings. The van der Waals surface area contributed by atoms with Gasteiger partial charge in [0.2, 0.25) is 0 Å². The van der Waals surface area contributed by atoms with Crippen LogP contribution >= 0.6 is 0 Å². The summed E-state index contributed by atoms with van der Waals surface area (Å²) >= 11 is 0. The molecule has 1 unspecified atom stereocenters. The average Bonchev–Trinajstić information content (AvgIpc) is 2.53. The molecule has 0 saturated carbocycles. The van der Waals surface area contributed by atoms with E-state index in [0.29, 0.717) is 13.1 Å². The van der Waals surface area contributed by atoms with Crippen molar-refractivity contribution in [3.8, 4) is 0 Å². The van der Waals surface area contributed by atoms with Gasteiger partial charge in [0.1, 0.15) is 13.2 Å². The summed E-state index contributed by atoms with van der Waals surface area (Å²) in [6, 6.07) is 8.30. The van der Waals surface area contributed by atoms with Gasteiger partial charge in [-0.3, -0.25) is 9.59 Å². The Labute approximate surface area is 143 Å². The number of hydrogen-bond acceptors (Lipinski definition) is 6. The second kappa shape index (κ2) is 10.6. The highest BCUT2D eigenvalue weighted by atomic mass is 16.5. The largest absolute Gasteiger partial charge is 0.464 e. The third-order valence-corrected chi connectivity index (χ3v) is 3.66. The zero-order valence-corrected chi connectivity index (χ0v) is 14.8. The minimum absolute atomic E-state index is 0.167. The molecule has 0 fully saturated rings. The summed E-state index contributed by atoms with van der Waals surface area (Å²) in [4.78, 5) is 23.9. The maximum absolute atomic E-state index is 10.9. The van der Waals surface area contributed by atoms with Crippen LogP contribution in [0.25, 0.3) is 0 Å². The minimum atomic E-state index is -0.307. The molecular weight excluding hydrogens is 308 g/mol. The van der Waals surface area contributed by atoms with E-state index in [0.717, 1.165) is 18.5 Å². The van der Waals surface area contributed by atoms with Crippen LogP contribution in [0.2, 0.25) is 0 Å². The van der Waals surface area contributed by atoms with Crippen LogP contribution in [0.4, 0.5) is 5.69 Å². The Balaban J connectivity index is 2.68. The van der Waals surface area contributed by atoms with Gasteiger partial charge in [-0.1, -0.05) is 19.1 Å². The minimum Gasteiger partial charge on any atom is -0.464 e. The molecular formula is C18H28N2O4. The number of anilines is 1. The first-order valence-electron chi connectivity index (χ1n) is 8.28. The molecule has 24 heavy (non-hydrogen) atoms. The van der Waals surface area contributed by atoms with Crippen molar-refractivity contribution in [2.24, 2.45) is 5.73 Å². The van der Waals surface area contributed by atoms with Crippen LogP contribution in [0, 0.1) is 0 Å². The number of carbonyl (C=O) groups is 2. The first-order valence-corrected chi connectivity index (χ1v) is 8.28. The van der Waals surface area contributed by atoms with Crippen LogP contribution < -0.4 is 10.6 Å². The molecule has 0 bridgehead atoms. The van der Waals surface area contributed by atoms with Crippen LogP contribution in [0.1, 0.15) is 32.8 Å². The lowest BCUT2D eigenvalue weighted by Crippen LogP contribution is -2.31. The summed E-state index contributed by atoms with van der Waals surface area (Å²) in [5, 5.41) is 0. The van der Waals surface area contributed by atoms with E-state index >= 15 is 0 Å². The molecule has 0 saturated heterocycles. The molecule has 0 spiro atoms. The van der Waals surface area contributed by atoms with E-state index in [1.165, 1.54) is 19.4 Å². The summed E-state index contributed by atoms with van der Waals surface area (Å²) in [6.07, 6.45) is 1.79. The predicted molar refractivity (Wildman–Crippen MR) is 93.9 cm³/mol. The van der Waals surface area contributed by atoms with E-state index in [1.54, 1.807) is 0 Å². The molecule has 0 aliphatic carbocycles. The first-order chi connectivity index (χ1) is 11.4. The molecule has 1 rings (SSSR count). The smallest absolute Gasteiger partial charge is 0.302 e. The number of nitrogens with two attached hydrogens (primary N) is 1. The summed E-state index contributed by atoms with van der Waals surface area (Å²) in [6.45, 7) is 6.49. The van der Waals surface area contributed by atoms with Crippen LogP contribution in [0.5, 0.6) is 0 Å². The van der Waals surface area contributed by atoms with Gasteiger partial charge in [-0.25, -0.2) is 0 Å². The van der Waals surface area contributed by atoms with Crippen LogP contribution in [-0.4, -0.2) is 44.3 Å². The van der Waals surface area contributed by atoms with Gasteiger partial charge >= 0.3 is 11.9 Å². The van der Waals surface area contributed by atoms with Crippen molar-refractivity contribution in [2.45, 2.75) is 39.7 Å². The third kappa shape index (κ3) is 7.97. The standard InChI is InChI=1S/C18H28N2O4/c1-4-17(19)13-16-5-7-18(8-6-16)20(9-11-23-14(2)21)10-12-24-15(3)22/h5-8,17H,4,9-13,19H2,1-3H3. The Morgan fingerprint density at radius 2 is 1.54 bits per heavy atom. The number of hydrogen-bond donors (Lipinski definition) is 1. The zero-order valence-electron chi connectivity index (χ0n) is 14.8. The van der Waals surface area contributed by atoms with E-state index in [-0.39, 0.29) is 31.2 Å². The number of benzene rings is 1. The van der Waals surface area contributed by atoms with E-state index in [1.807, 2.05) is 17.0 Å². The number of rotatable bonds is 10. The van der Waals surface area contributed by atoms with E-state index in [4.69, 9.17) is 15.2 Å². The Morgan fingerprint density at radius 3 is 1.96 bits per heavy atom. The number of nitrogens with zero attached hydrogens (tertiary/aromatic N) is 1. The molecule has 6 nitrogen and oxygen atoms in total. The molecule has 6 heteroatoms. The lowest BCUT2D eigenvalue weighted by molar-refractivity contribution is -0.141. The number of carbonyl (C=O) groups excluding carboxylic acids is 2. The maximum atomic E-state index is 10.9. The Morgan fingerprint density at radius 1 is 1.04 bits per heavy atom. The van der Waals surface area contributed by atoms with Gasteiger partial charge in [0, 0.05) is 25.6 Å². The molecule has 0 radical (unpaired) electrons. The van der Waals surface area contributed by atoms with Gasteiger partial charge < -0.3 is 20.1 Å². The van der Waals surface area contributed by atoms with Crippen LogP contribution in [0.15, 0.2) is 24.3 Å². The van der Waals surface area contributed by atoms with Gasteiger partial charge in [0.25, 0.3) is 0 Å². The third-order valence-electron chi connectivity index (χ3n) is 3.66. The Hall–Kier alpha value is -2.08. The molecule has 1 aromatic carbocycles. The maximum Gasteiger partial charge on any atom is 0.302 e. The molecule has 1 aromatic rings.